The van der Waals surface area contributed by atoms with Gasteiger partial charge in [-0.3, -0.25) is 0 Å². The van der Waals surface area contributed by atoms with Crippen molar-refractivity contribution in [1.82, 2.24) is 0 Å². The van der Waals surface area contributed by atoms with Crippen molar-refractivity contribution in [1.29, 1.82) is 0 Å². The fourth-order valence-corrected chi connectivity index (χ4v) is 1.62. The minimum absolute atomic E-state index is 0. The second-order valence-electron chi connectivity index (χ2n) is 4.41. The van der Waals surface area contributed by atoms with E-state index in [4.69, 9.17) is 0 Å². The maximum absolute atomic E-state index is 4.03. The molecule has 4 aliphatic carbocycles. The topological polar surface area (TPSA) is 24.7 Å². The maximum Gasteiger partial charge on any atom is 2.00 e. The van der Waals surface area contributed by atoms with E-state index in [2.05, 4.69) is 10.2 Å². The summed E-state index contributed by atoms with van der Waals surface area (Å²) in [5, 5.41) is 8.07. The van der Waals surface area contributed by atoms with Crippen molar-refractivity contribution < 1.29 is 34.1 Å². The van der Waals surface area contributed by atoms with Crippen LogP contribution >= 0.6 is 0 Å². The molecule has 0 aromatic rings. The zero-order valence-electron chi connectivity index (χ0n) is 13.0. The van der Waals surface area contributed by atoms with Crippen LogP contribution in [-0.4, -0.2) is 0 Å². The second-order valence-corrected chi connectivity index (χ2v) is 4.41. The van der Waals surface area contributed by atoms with Crippen LogP contribution in [0.2, 0.25) is 0 Å². The van der Waals surface area contributed by atoms with Crippen LogP contribution in [0.25, 0.3) is 0 Å². The van der Waals surface area contributed by atoms with Crippen LogP contribution in [-0.2, 0) is 34.1 Å². The van der Waals surface area contributed by atoms with Gasteiger partial charge in [0.25, 0.3) is 0 Å². The molecule has 4 saturated carbocycles. The first kappa shape index (κ1) is 24.6. The van der Waals surface area contributed by atoms with Crippen molar-refractivity contribution >= 4 is 0 Å². The summed E-state index contributed by atoms with van der Waals surface area (Å²) in [5.41, 5.74) is 0. The van der Waals surface area contributed by atoms with Crippen LogP contribution < -0.4 is 0 Å². The predicted octanol–water partition coefficient (Wildman–Crippen LogP) is 4.20. The Morgan fingerprint density at radius 1 is 0.333 bits per heavy atom. The van der Waals surface area contributed by atoms with E-state index in [0.717, 1.165) is 12.1 Å². The Morgan fingerprint density at radius 2 is 0.542 bits per heavy atom. The molecule has 0 heterocycles. The van der Waals surface area contributed by atoms with Crippen molar-refractivity contribution in [3.05, 3.63) is 128 Å². The molecule has 20 radical (unpaired) electrons. The summed E-state index contributed by atoms with van der Waals surface area (Å²) in [6.45, 7) is 0. The molecule has 0 atom stereocenters. The summed E-state index contributed by atoms with van der Waals surface area (Å²) in [5.74, 6) is 0. The molecule has 0 aliphatic heterocycles. The van der Waals surface area contributed by atoms with Gasteiger partial charge in [-0.2, -0.15) is 10.2 Å². The third-order valence-corrected chi connectivity index (χ3v) is 2.68. The molecule has 4 rings (SSSR count). The third kappa shape index (κ3) is 12.1. The van der Waals surface area contributed by atoms with Crippen molar-refractivity contribution in [3.63, 3.8) is 0 Å². The van der Waals surface area contributed by atoms with Crippen LogP contribution in [0.3, 0.4) is 0 Å². The molecule has 0 aromatic heterocycles. The monoisotopic (exact) mass is 398 g/mol. The van der Waals surface area contributed by atoms with Gasteiger partial charge in [-0.15, -0.1) is 0 Å². The quantitative estimate of drug-likeness (QED) is 0.492. The Hall–Kier alpha value is 0.639. The molecule has 0 unspecified atom stereocenters. The van der Waals surface area contributed by atoms with E-state index < -0.39 is 0 Å². The predicted molar refractivity (Wildman–Crippen MR) is 88.7 cm³/mol. The Balaban J connectivity index is 0.000000370. The molecule has 0 saturated heterocycles. The van der Waals surface area contributed by atoms with Gasteiger partial charge in [-0.1, -0.05) is 0 Å². The number of rotatable bonds is 2. The number of azo groups is 1. The average molecular weight is 398 g/mol. The van der Waals surface area contributed by atoms with E-state index in [0.29, 0.717) is 0 Å². The molecule has 2 nitrogen and oxygen atoms in total. The molecule has 0 amide bonds. The molecule has 4 heteroatoms. The first-order valence-corrected chi connectivity index (χ1v) is 7.14. The zero-order valence-corrected chi connectivity index (χ0v) is 15.2. The van der Waals surface area contributed by atoms with E-state index in [-0.39, 0.29) is 34.1 Å². The zero-order chi connectivity index (χ0) is 15.3. The Kier molecular flexibility index (Phi) is 17.5. The standard InChI is InChI=1S/C10H8N2.2C5H5.2Fe/c1-2-6-9(5-1)11-12-10-7-3-4-8-10;2*1-2-4-5-3-1;;/h1-8H;2*1-5H;;/q;;;2*+2. The third-order valence-electron chi connectivity index (χ3n) is 2.68. The Morgan fingerprint density at radius 3 is 0.750 bits per heavy atom. The van der Waals surface area contributed by atoms with Gasteiger partial charge in [-0.05, 0) is 116 Å². The van der Waals surface area contributed by atoms with Crippen LogP contribution in [0.4, 0.5) is 0 Å². The minimum atomic E-state index is 0. The van der Waals surface area contributed by atoms with Crippen LogP contribution in [0.15, 0.2) is 10.2 Å². The summed E-state index contributed by atoms with van der Waals surface area (Å²) in [6, 6.07) is 1.80. The normalized spacial score (nSPS) is 23.8. The first-order valence-electron chi connectivity index (χ1n) is 7.14. The molecule has 120 valence electrons. The number of nitrogens with zero attached hydrogens (tertiary/aromatic N) is 2. The summed E-state index contributed by atoms with van der Waals surface area (Å²) < 4.78 is 0. The van der Waals surface area contributed by atoms with Crippen LogP contribution in [0.1, 0.15) is 0 Å². The molecule has 0 spiro atoms. The van der Waals surface area contributed by atoms with Gasteiger partial charge < -0.3 is 0 Å². The summed E-state index contributed by atoms with van der Waals surface area (Å²) in [7, 11) is 0. The van der Waals surface area contributed by atoms with Crippen molar-refractivity contribution in [2.75, 3.05) is 0 Å². The Bertz CT molecular complexity index is 234. The van der Waals surface area contributed by atoms with E-state index >= 15 is 0 Å². The number of hydrogen-bond donors (Lipinski definition) is 0. The average Bonchev–Trinajstić information content (AvgIpc) is 3.41. The second kappa shape index (κ2) is 17.1. The molecule has 0 N–H and O–H groups in total. The molecule has 4 fully saturated rings. The molecular weight excluding hydrogens is 380 g/mol. The summed E-state index contributed by atoms with van der Waals surface area (Å²) >= 11 is 0. The van der Waals surface area contributed by atoms with E-state index in [1.807, 2.05) is 116 Å². The largest absolute Gasteiger partial charge is 2.00 e. The molecule has 0 bridgehead atoms. The van der Waals surface area contributed by atoms with Crippen molar-refractivity contribution in [2.24, 2.45) is 10.2 Å². The fraction of sp³-hybridized carbons (Fsp3) is 0. The SMILES string of the molecule is [CH]1[CH][CH][CH][CH]1.[CH]1[CH][CH][CH][CH]1.[CH]1[CH][CH][C](N=N[C]2[CH][CH][CH][CH]2)[CH]1.[Fe+2].[Fe+2]. The van der Waals surface area contributed by atoms with Crippen molar-refractivity contribution in [3.8, 4) is 0 Å². The van der Waals surface area contributed by atoms with Gasteiger partial charge in [0.1, 0.15) is 12.1 Å². The maximum atomic E-state index is 4.03. The van der Waals surface area contributed by atoms with Crippen LogP contribution in [0, 0.1) is 128 Å². The summed E-state index contributed by atoms with van der Waals surface area (Å²) in [4.78, 5) is 0. The number of hydrogen-bond acceptors (Lipinski definition) is 2. The smallest absolute Gasteiger partial charge is 0.183 e. The van der Waals surface area contributed by atoms with Gasteiger partial charge in [0.05, 0.1) is 0 Å². The molecule has 24 heavy (non-hydrogen) atoms. The van der Waals surface area contributed by atoms with Crippen molar-refractivity contribution in [2.45, 2.75) is 0 Å². The molecule has 4 aliphatic rings. The van der Waals surface area contributed by atoms with Gasteiger partial charge in [0, 0.05) is 0 Å². The van der Waals surface area contributed by atoms with Gasteiger partial charge in [0.2, 0.25) is 0 Å². The molecular formula is C20H18Fe2N2+4. The Labute approximate surface area is 171 Å². The fourth-order valence-electron chi connectivity index (χ4n) is 1.62. The summed E-state index contributed by atoms with van der Waals surface area (Å²) in [6.07, 6.45) is 35.5. The van der Waals surface area contributed by atoms with Gasteiger partial charge in [-0.25, -0.2) is 0 Å². The van der Waals surface area contributed by atoms with Gasteiger partial charge in [0.15, 0.2) is 0 Å². The van der Waals surface area contributed by atoms with E-state index in [1.165, 1.54) is 0 Å². The van der Waals surface area contributed by atoms with Crippen LogP contribution in [0.5, 0.6) is 0 Å². The van der Waals surface area contributed by atoms with E-state index in [9.17, 15) is 0 Å². The minimum Gasteiger partial charge on any atom is -0.183 e. The molecule has 0 aromatic carbocycles. The van der Waals surface area contributed by atoms with Gasteiger partial charge >= 0.3 is 34.1 Å². The first-order chi connectivity index (χ1) is 10.9. The van der Waals surface area contributed by atoms with E-state index in [1.54, 1.807) is 0 Å².